The minimum absolute atomic E-state index is 0. The number of carbonyl (C=O) groups is 1. The van der Waals surface area contributed by atoms with Crippen molar-refractivity contribution in [1.82, 2.24) is 4.90 Å². The van der Waals surface area contributed by atoms with Crippen LogP contribution < -0.4 is 5.73 Å². The Balaban J connectivity index is 0.00000220. The van der Waals surface area contributed by atoms with Gasteiger partial charge in [0.25, 0.3) is 5.91 Å². The van der Waals surface area contributed by atoms with Crippen molar-refractivity contribution in [3.8, 4) is 0 Å². The van der Waals surface area contributed by atoms with Crippen LogP contribution in [0.15, 0.2) is 24.3 Å². The molecule has 0 aromatic heterocycles. The predicted molar refractivity (Wildman–Crippen MR) is 89.7 cm³/mol. The second-order valence-electron chi connectivity index (χ2n) is 6.19. The van der Waals surface area contributed by atoms with Crippen molar-refractivity contribution in [1.29, 1.82) is 0 Å². The quantitative estimate of drug-likeness (QED) is 0.903. The van der Waals surface area contributed by atoms with E-state index in [0.717, 1.165) is 30.5 Å². The van der Waals surface area contributed by atoms with E-state index in [0.29, 0.717) is 18.5 Å². The summed E-state index contributed by atoms with van der Waals surface area (Å²) in [4.78, 5) is 14.9. The van der Waals surface area contributed by atoms with Gasteiger partial charge in [-0.25, -0.2) is 0 Å². The summed E-state index contributed by atoms with van der Waals surface area (Å²) in [6, 6.07) is 8.16. The molecule has 1 aliphatic carbocycles. The summed E-state index contributed by atoms with van der Waals surface area (Å²) in [5.74, 6) is 0.678. The average molecular weight is 311 g/mol. The van der Waals surface area contributed by atoms with Crippen molar-refractivity contribution in [2.45, 2.75) is 52.1 Å². The predicted octanol–water partition coefficient (Wildman–Crippen LogP) is 3.61. The monoisotopic (exact) mass is 310 g/mol. The maximum Gasteiger partial charge on any atom is 0.254 e. The molecule has 118 valence electrons. The highest BCUT2D eigenvalue weighted by atomic mass is 35.5. The van der Waals surface area contributed by atoms with Crippen LogP contribution in [0.25, 0.3) is 0 Å². The number of halogens is 1. The van der Waals surface area contributed by atoms with Gasteiger partial charge >= 0.3 is 0 Å². The van der Waals surface area contributed by atoms with Crippen molar-refractivity contribution in [3.05, 3.63) is 35.4 Å². The third-order valence-corrected chi connectivity index (χ3v) is 4.02. The summed E-state index contributed by atoms with van der Waals surface area (Å²) in [7, 11) is 0. The van der Waals surface area contributed by atoms with E-state index in [1.807, 2.05) is 24.3 Å². The first-order valence-corrected chi connectivity index (χ1v) is 7.71. The SMILES string of the molecule is CC(C)CN(C(=O)c1ccc(CN)cc1)C1CCCC1.Cl. The maximum atomic E-state index is 12.8. The van der Waals surface area contributed by atoms with E-state index in [-0.39, 0.29) is 18.3 Å². The lowest BCUT2D eigenvalue weighted by atomic mass is 10.1. The second kappa shape index (κ2) is 8.40. The molecule has 2 rings (SSSR count). The first kappa shape index (κ1) is 18.0. The minimum Gasteiger partial charge on any atom is -0.335 e. The van der Waals surface area contributed by atoms with Crippen LogP contribution in [0.4, 0.5) is 0 Å². The molecule has 0 saturated heterocycles. The molecule has 0 unspecified atom stereocenters. The third kappa shape index (κ3) is 4.72. The Kier molecular flexibility index (Phi) is 7.20. The third-order valence-electron chi connectivity index (χ3n) is 4.02. The van der Waals surface area contributed by atoms with Crippen LogP contribution in [0.5, 0.6) is 0 Å². The second-order valence-corrected chi connectivity index (χ2v) is 6.19. The summed E-state index contributed by atoms with van der Waals surface area (Å²) in [5, 5.41) is 0. The molecule has 0 heterocycles. The number of carbonyl (C=O) groups excluding carboxylic acids is 1. The number of nitrogens with two attached hydrogens (primary N) is 1. The Bertz CT molecular complexity index is 439. The van der Waals surface area contributed by atoms with Crippen molar-refractivity contribution in [3.63, 3.8) is 0 Å². The van der Waals surface area contributed by atoms with Crippen molar-refractivity contribution < 1.29 is 4.79 Å². The number of hydrogen-bond donors (Lipinski definition) is 1. The molecule has 1 amide bonds. The molecule has 0 bridgehead atoms. The molecule has 1 aliphatic rings. The van der Waals surface area contributed by atoms with Gasteiger partial charge in [-0.1, -0.05) is 38.8 Å². The zero-order valence-corrected chi connectivity index (χ0v) is 13.9. The summed E-state index contributed by atoms with van der Waals surface area (Å²) in [5.41, 5.74) is 7.46. The fraction of sp³-hybridized carbons (Fsp3) is 0.588. The molecule has 21 heavy (non-hydrogen) atoms. The van der Waals surface area contributed by atoms with Crippen LogP contribution in [0.2, 0.25) is 0 Å². The number of nitrogens with zero attached hydrogens (tertiary/aromatic N) is 1. The van der Waals surface area contributed by atoms with Crippen molar-refractivity contribution in [2.24, 2.45) is 11.7 Å². The van der Waals surface area contributed by atoms with Gasteiger partial charge < -0.3 is 10.6 Å². The lowest BCUT2D eigenvalue weighted by molar-refractivity contribution is 0.0655. The van der Waals surface area contributed by atoms with E-state index < -0.39 is 0 Å². The van der Waals surface area contributed by atoms with E-state index in [9.17, 15) is 4.79 Å². The molecule has 0 radical (unpaired) electrons. The first-order chi connectivity index (χ1) is 9.61. The maximum absolute atomic E-state index is 12.8. The summed E-state index contributed by atoms with van der Waals surface area (Å²) in [6.07, 6.45) is 4.80. The zero-order valence-electron chi connectivity index (χ0n) is 13.0. The van der Waals surface area contributed by atoms with Crippen molar-refractivity contribution >= 4 is 18.3 Å². The Morgan fingerprint density at radius 3 is 2.29 bits per heavy atom. The lowest BCUT2D eigenvalue weighted by Crippen LogP contribution is -2.41. The van der Waals surface area contributed by atoms with E-state index in [1.54, 1.807) is 0 Å². The summed E-state index contributed by atoms with van der Waals surface area (Å²) < 4.78 is 0. The average Bonchev–Trinajstić information content (AvgIpc) is 2.98. The molecular formula is C17H27ClN2O. The Morgan fingerprint density at radius 1 is 1.24 bits per heavy atom. The fourth-order valence-corrected chi connectivity index (χ4v) is 2.96. The molecule has 0 atom stereocenters. The summed E-state index contributed by atoms with van der Waals surface area (Å²) in [6.45, 7) is 5.72. The minimum atomic E-state index is 0. The molecular weight excluding hydrogens is 284 g/mol. The number of hydrogen-bond acceptors (Lipinski definition) is 2. The van der Waals surface area contributed by atoms with Gasteiger partial charge in [0.2, 0.25) is 0 Å². The van der Waals surface area contributed by atoms with Crippen molar-refractivity contribution in [2.75, 3.05) is 6.54 Å². The Hall–Kier alpha value is -1.06. The topological polar surface area (TPSA) is 46.3 Å². The number of amides is 1. The molecule has 1 aromatic rings. The molecule has 0 aliphatic heterocycles. The molecule has 0 spiro atoms. The van der Waals surface area contributed by atoms with Crippen LogP contribution in [-0.2, 0) is 6.54 Å². The molecule has 1 fully saturated rings. The van der Waals surface area contributed by atoms with E-state index >= 15 is 0 Å². The molecule has 2 N–H and O–H groups in total. The largest absolute Gasteiger partial charge is 0.335 e. The molecule has 1 aromatic carbocycles. The van der Waals surface area contributed by atoms with E-state index in [4.69, 9.17) is 5.73 Å². The molecule has 4 heteroatoms. The fourth-order valence-electron chi connectivity index (χ4n) is 2.96. The van der Waals surface area contributed by atoms with Gasteiger partial charge in [0.1, 0.15) is 0 Å². The number of rotatable bonds is 5. The van der Waals surface area contributed by atoms with Gasteiger partial charge in [-0.05, 0) is 36.5 Å². The molecule has 1 saturated carbocycles. The van der Waals surface area contributed by atoms with Gasteiger partial charge in [-0.2, -0.15) is 0 Å². The summed E-state index contributed by atoms with van der Waals surface area (Å²) >= 11 is 0. The van der Waals surface area contributed by atoms with Crippen LogP contribution in [0.3, 0.4) is 0 Å². The van der Waals surface area contributed by atoms with Gasteiger partial charge in [0.15, 0.2) is 0 Å². The van der Waals surface area contributed by atoms with E-state index in [2.05, 4.69) is 18.7 Å². The zero-order chi connectivity index (χ0) is 14.5. The highest BCUT2D eigenvalue weighted by Crippen LogP contribution is 2.25. The van der Waals surface area contributed by atoms with Gasteiger partial charge in [-0.3, -0.25) is 4.79 Å². The number of benzene rings is 1. The van der Waals surface area contributed by atoms with E-state index in [1.165, 1.54) is 12.8 Å². The Morgan fingerprint density at radius 2 is 1.81 bits per heavy atom. The van der Waals surface area contributed by atoms with Gasteiger partial charge in [0.05, 0.1) is 0 Å². The van der Waals surface area contributed by atoms with Crippen LogP contribution in [0, 0.1) is 5.92 Å². The smallest absolute Gasteiger partial charge is 0.254 e. The van der Waals surface area contributed by atoms with Gasteiger partial charge in [-0.15, -0.1) is 12.4 Å². The Labute approximate surface area is 134 Å². The highest BCUT2D eigenvalue weighted by molar-refractivity contribution is 5.94. The lowest BCUT2D eigenvalue weighted by Gasteiger charge is -2.30. The van der Waals surface area contributed by atoms with Crippen LogP contribution in [-0.4, -0.2) is 23.4 Å². The first-order valence-electron chi connectivity index (χ1n) is 7.71. The molecule has 3 nitrogen and oxygen atoms in total. The van der Waals surface area contributed by atoms with Crippen LogP contribution in [0.1, 0.15) is 55.5 Å². The standard InChI is InChI=1S/C17H26N2O.ClH/c1-13(2)12-19(16-5-3-4-6-16)17(20)15-9-7-14(11-18)8-10-15;/h7-10,13,16H,3-6,11-12,18H2,1-2H3;1H. The highest BCUT2D eigenvalue weighted by Gasteiger charge is 2.27. The van der Waals surface area contributed by atoms with Gasteiger partial charge in [0, 0.05) is 24.7 Å². The van der Waals surface area contributed by atoms with Crippen LogP contribution >= 0.6 is 12.4 Å². The normalized spacial score (nSPS) is 15.0.